The van der Waals surface area contributed by atoms with Gasteiger partial charge in [-0.05, 0) is 12.8 Å². The van der Waals surface area contributed by atoms with Crippen molar-refractivity contribution in [2.45, 2.75) is 38.5 Å². The van der Waals surface area contributed by atoms with Gasteiger partial charge in [-0.15, -0.1) is 11.3 Å². The highest BCUT2D eigenvalue weighted by Crippen LogP contribution is 2.27. The van der Waals surface area contributed by atoms with Gasteiger partial charge in [0.1, 0.15) is 16.3 Å². The molecule has 1 aromatic carbocycles. The number of rotatable bonds is 5. The van der Waals surface area contributed by atoms with Crippen molar-refractivity contribution in [1.29, 1.82) is 0 Å². The molecule has 1 atom stereocenters. The van der Waals surface area contributed by atoms with Crippen molar-refractivity contribution in [3.63, 3.8) is 0 Å². The predicted molar refractivity (Wildman–Crippen MR) is 135 cm³/mol. The fourth-order valence-corrected chi connectivity index (χ4v) is 5.80. The van der Waals surface area contributed by atoms with Gasteiger partial charge in [-0.1, -0.05) is 30.3 Å². The van der Waals surface area contributed by atoms with Gasteiger partial charge in [-0.2, -0.15) is 0 Å². The smallest absolute Gasteiger partial charge is 0.259 e. The molecule has 35 heavy (non-hydrogen) atoms. The predicted octanol–water partition coefficient (Wildman–Crippen LogP) is 2.64. The lowest BCUT2D eigenvalue weighted by Crippen LogP contribution is -2.43. The summed E-state index contributed by atoms with van der Waals surface area (Å²) < 4.78 is 7.21. The summed E-state index contributed by atoms with van der Waals surface area (Å²) in [6, 6.07) is 11.5. The van der Waals surface area contributed by atoms with Crippen molar-refractivity contribution in [3.05, 3.63) is 68.4 Å². The van der Waals surface area contributed by atoms with E-state index in [0.717, 1.165) is 22.7 Å². The summed E-state index contributed by atoms with van der Waals surface area (Å²) in [6.45, 7) is 3.49. The highest BCUT2D eigenvalue weighted by molar-refractivity contribution is 7.09. The van der Waals surface area contributed by atoms with Crippen molar-refractivity contribution < 1.29 is 14.6 Å². The van der Waals surface area contributed by atoms with Crippen molar-refractivity contribution in [1.82, 2.24) is 19.4 Å². The van der Waals surface area contributed by atoms with E-state index >= 15 is 0 Å². The standard InChI is InChI=1S/C26H30N4O4S/c1-34-22-14-24(32)30-13-12-28(16-23-27-20(17-35-23)18-6-3-2-4-7-18)11-9-21(30)25(22)26(33)29-10-5-8-19(31)15-29/h2-4,6-7,14,17,19,31H,5,8-13,15-16H2,1H3/t19-/m1/s1. The van der Waals surface area contributed by atoms with Gasteiger partial charge in [0.25, 0.3) is 11.5 Å². The molecule has 0 bridgehead atoms. The van der Waals surface area contributed by atoms with Crippen LogP contribution in [-0.2, 0) is 19.5 Å². The molecule has 0 aliphatic carbocycles. The summed E-state index contributed by atoms with van der Waals surface area (Å²) in [7, 11) is 1.49. The fourth-order valence-electron chi connectivity index (χ4n) is 4.96. The van der Waals surface area contributed by atoms with Crippen LogP contribution in [0.25, 0.3) is 11.3 Å². The Bertz CT molecular complexity index is 1260. The van der Waals surface area contributed by atoms with Crippen LogP contribution in [0, 0.1) is 0 Å². The lowest BCUT2D eigenvalue weighted by molar-refractivity contribution is 0.0469. The van der Waals surface area contributed by atoms with Crippen LogP contribution in [0.4, 0.5) is 0 Å². The van der Waals surface area contributed by atoms with E-state index in [9.17, 15) is 14.7 Å². The molecule has 0 radical (unpaired) electrons. The van der Waals surface area contributed by atoms with Crippen LogP contribution < -0.4 is 10.3 Å². The van der Waals surface area contributed by atoms with Crippen LogP contribution in [0.3, 0.4) is 0 Å². The van der Waals surface area contributed by atoms with E-state index in [4.69, 9.17) is 9.72 Å². The molecular weight excluding hydrogens is 464 g/mol. The van der Waals surface area contributed by atoms with E-state index in [1.807, 2.05) is 18.2 Å². The second kappa shape index (κ2) is 10.3. The first-order valence-electron chi connectivity index (χ1n) is 12.0. The Morgan fingerprint density at radius 2 is 2.03 bits per heavy atom. The molecule has 0 saturated carbocycles. The van der Waals surface area contributed by atoms with Gasteiger partial charge < -0.3 is 19.3 Å². The average molecular weight is 495 g/mol. The molecular formula is C26H30N4O4S. The number of nitrogens with zero attached hydrogens (tertiary/aromatic N) is 4. The molecule has 8 nitrogen and oxygen atoms in total. The number of benzene rings is 1. The average Bonchev–Trinajstić information content (AvgIpc) is 3.24. The van der Waals surface area contributed by atoms with E-state index in [1.54, 1.807) is 20.8 Å². The molecule has 1 saturated heterocycles. The number of carbonyl (C=O) groups is 1. The number of carbonyl (C=O) groups excluding carboxylic acids is 1. The number of hydrogen-bond donors (Lipinski definition) is 1. The van der Waals surface area contributed by atoms with Gasteiger partial charge in [0.05, 0.1) is 25.5 Å². The molecule has 184 valence electrons. The number of aliphatic hydroxyl groups is 1. The number of ether oxygens (including phenoxy) is 1. The second-order valence-electron chi connectivity index (χ2n) is 9.09. The highest BCUT2D eigenvalue weighted by Gasteiger charge is 2.30. The summed E-state index contributed by atoms with van der Waals surface area (Å²) in [5.41, 5.74) is 3.08. The van der Waals surface area contributed by atoms with Crippen molar-refractivity contribution in [2.24, 2.45) is 0 Å². The molecule has 0 spiro atoms. The monoisotopic (exact) mass is 494 g/mol. The third kappa shape index (κ3) is 5.03. The second-order valence-corrected chi connectivity index (χ2v) is 10.0. The maximum Gasteiger partial charge on any atom is 0.259 e. The summed E-state index contributed by atoms with van der Waals surface area (Å²) in [6.07, 6.45) is 1.50. The third-order valence-corrected chi connectivity index (χ3v) is 7.62. The molecule has 2 aliphatic heterocycles. The first-order valence-corrected chi connectivity index (χ1v) is 12.9. The van der Waals surface area contributed by atoms with Crippen LogP contribution in [0.15, 0.2) is 46.6 Å². The maximum atomic E-state index is 13.5. The number of amides is 1. The van der Waals surface area contributed by atoms with Crippen LogP contribution in [0.5, 0.6) is 5.75 Å². The Labute approximate surface area is 208 Å². The molecule has 2 aliphatic rings. The number of hydrogen-bond acceptors (Lipinski definition) is 7. The number of fused-ring (bicyclic) bond motifs is 1. The van der Waals surface area contributed by atoms with E-state index in [2.05, 4.69) is 22.4 Å². The van der Waals surface area contributed by atoms with Gasteiger partial charge in [-0.25, -0.2) is 4.98 Å². The minimum Gasteiger partial charge on any atom is -0.496 e. The molecule has 3 aromatic rings. The first kappa shape index (κ1) is 23.7. The van der Waals surface area contributed by atoms with Crippen LogP contribution in [-0.4, -0.2) is 69.8 Å². The Kier molecular flexibility index (Phi) is 6.99. The minimum atomic E-state index is -0.515. The first-order chi connectivity index (χ1) is 17.0. The van der Waals surface area contributed by atoms with Gasteiger partial charge >= 0.3 is 0 Å². The number of piperidine rings is 1. The van der Waals surface area contributed by atoms with E-state index in [1.165, 1.54) is 13.2 Å². The minimum absolute atomic E-state index is 0.158. The number of methoxy groups -OCH3 is 1. The lowest BCUT2D eigenvalue weighted by atomic mass is 10.0. The quantitative estimate of drug-likeness (QED) is 0.587. The number of pyridine rings is 1. The number of aliphatic hydroxyl groups excluding tert-OH is 1. The number of β-amino-alcohol motifs (C(OH)–C–C–N with tert-alkyl or cyclic N) is 1. The van der Waals surface area contributed by atoms with Crippen molar-refractivity contribution >= 4 is 17.2 Å². The normalized spacial score (nSPS) is 18.7. The number of thiazole rings is 1. The zero-order valence-corrected chi connectivity index (χ0v) is 20.7. The molecule has 1 amide bonds. The SMILES string of the molecule is COc1cc(=O)n2c(c1C(=O)N1CCC[C@@H](O)C1)CCN(Cc1nc(-c3ccccc3)cs1)CC2. The van der Waals surface area contributed by atoms with Crippen LogP contribution in [0.1, 0.15) is 33.9 Å². The molecule has 4 heterocycles. The van der Waals surface area contributed by atoms with E-state index < -0.39 is 6.10 Å². The van der Waals surface area contributed by atoms with Crippen LogP contribution in [0.2, 0.25) is 0 Å². The zero-order valence-electron chi connectivity index (χ0n) is 19.9. The van der Waals surface area contributed by atoms with E-state index in [-0.39, 0.29) is 11.5 Å². The van der Waals surface area contributed by atoms with Gasteiger partial charge in [-0.3, -0.25) is 14.5 Å². The summed E-state index contributed by atoms with van der Waals surface area (Å²) in [5, 5.41) is 13.2. The summed E-state index contributed by atoms with van der Waals surface area (Å²) in [4.78, 5) is 35.2. The molecule has 1 N–H and O–H groups in total. The third-order valence-electron chi connectivity index (χ3n) is 6.78. The van der Waals surface area contributed by atoms with Gasteiger partial charge in [0.15, 0.2) is 0 Å². The van der Waals surface area contributed by atoms with E-state index in [0.29, 0.717) is 69.1 Å². The Morgan fingerprint density at radius 1 is 1.20 bits per heavy atom. The van der Waals surface area contributed by atoms with Crippen LogP contribution >= 0.6 is 11.3 Å². The Hall–Kier alpha value is -3.01. The topological polar surface area (TPSA) is 87.9 Å². The summed E-state index contributed by atoms with van der Waals surface area (Å²) >= 11 is 1.64. The molecule has 5 rings (SSSR count). The molecule has 1 fully saturated rings. The zero-order chi connectivity index (χ0) is 24.4. The van der Waals surface area contributed by atoms with Gasteiger partial charge in [0.2, 0.25) is 0 Å². The maximum absolute atomic E-state index is 13.5. The van der Waals surface area contributed by atoms with Gasteiger partial charge in [0, 0.05) is 61.8 Å². The largest absolute Gasteiger partial charge is 0.496 e. The lowest BCUT2D eigenvalue weighted by Gasteiger charge is -2.31. The molecule has 2 aromatic heterocycles. The highest BCUT2D eigenvalue weighted by atomic mass is 32.1. The van der Waals surface area contributed by atoms with Crippen molar-refractivity contribution in [2.75, 3.05) is 33.3 Å². The Morgan fingerprint density at radius 3 is 2.80 bits per heavy atom. The van der Waals surface area contributed by atoms with Crippen molar-refractivity contribution in [3.8, 4) is 17.0 Å². The summed E-state index contributed by atoms with van der Waals surface area (Å²) in [5.74, 6) is 0.136. The Balaban J connectivity index is 1.37. The number of aromatic nitrogens is 2. The fraction of sp³-hybridized carbons (Fsp3) is 0.423. The molecule has 9 heteroatoms. The molecule has 0 unspecified atom stereocenters. The number of likely N-dealkylation sites (tertiary alicyclic amines) is 1.